The molecule has 2 aromatic heterocycles. The Balaban J connectivity index is 1.38. The van der Waals surface area contributed by atoms with Crippen molar-refractivity contribution in [3.63, 3.8) is 0 Å². The number of pyridine rings is 1. The highest BCUT2D eigenvalue weighted by atomic mass is 28.3. The van der Waals surface area contributed by atoms with Gasteiger partial charge in [0, 0.05) is 70.1 Å². The van der Waals surface area contributed by atoms with Crippen LogP contribution < -0.4 is 25.0 Å². The normalized spacial score (nSPS) is 18.3. The van der Waals surface area contributed by atoms with Crippen LogP contribution in [0.15, 0.2) is 30.5 Å². The standard InChI is InChI=1S/C53H74F2N8O7Si/c1-32(2)71(33(3)4,34(5)6)23-18-40-43(54)17-14-35-24-39(68-31-66-13)25-41(44(35)40)46-45(55)47-42(26-57-46)48(62-28-37-15-16-38(29-62)63(37)51(65)70-53(10,11)12)60-49(59-47)67-30-36(27-61-21-19-56-20-22-61)58-50(64)69-52(7,8)9/h14,17,24-26,32-34,36-38,56H,15-16,19-22,27-31H2,1-13H3,(H,58,64). The van der Waals surface area contributed by atoms with E-state index >= 15 is 8.78 Å². The molecule has 3 atom stereocenters. The van der Waals surface area contributed by atoms with Crippen LogP contribution in [0.25, 0.3) is 32.9 Å². The molecule has 3 aliphatic rings. The Morgan fingerprint density at radius 2 is 1.55 bits per heavy atom. The van der Waals surface area contributed by atoms with Crippen LogP contribution in [0.3, 0.4) is 0 Å². The molecule has 5 heterocycles. The number of ether oxygens (including phenoxy) is 5. The zero-order chi connectivity index (χ0) is 51.6. The number of benzene rings is 2. The second kappa shape index (κ2) is 21.8. The Morgan fingerprint density at radius 1 is 0.901 bits per heavy atom. The number of alkyl carbamates (subject to hydrolysis) is 1. The first-order valence-corrected chi connectivity index (χ1v) is 27.3. The maximum absolute atomic E-state index is 18.1. The van der Waals surface area contributed by atoms with E-state index in [9.17, 15) is 9.59 Å². The molecule has 18 heteroatoms. The third kappa shape index (κ3) is 12.1. The molecule has 7 rings (SSSR count). The van der Waals surface area contributed by atoms with Gasteiger partial charge in [-0.3, -0.25) is 14.8 Å². The minimum absolute atomic E-state index is 0.0654. The van der Waals surface area contributed by atoms with Gasteiger partial charge in [0.15, 0.2) is 12.6 Å². The van der Waals surface area contributed by atoms with Crippen LogP contribution in [0.4, 0.5) is 24.2 Å². The number of amides is 2. The number of anilines is 1. The molecule has 2 aromatic carbocycles. The lowest BCUT2D eigenvalue weighted by molar-refractivity contribution is 0.0122. The lowest BCUT2D eigenvalue weighted by Gasteiger charge is -2.42. The molecule has 3 fully saturated rings. The zero-order valence-corrected chi connectivity index (χ0v) is 44.9. The van der Waals surface area contributed by atoms with Gasteiger partial charge in [0.1, 0.15) is 54.5 Å². The Kier molecular flexibility index (Phi) is 16.4. The highest BCUT2D eigenvalue weighted by Crippen LogP contribution is 2.43. The van der Waals surface area contributed by atoms with Crippen LogP contribution in [0, 0.1) is 23.1 Å². The molecule has 3 unspecified atom stereocenters. The van der Waals surface area contributed by atoms with Gasteiger partial charge >= 0.3 is 18.2 Å². The number of methoxy groups -OCH3 is 1. The smallest absolute Gasteiger partial charge is 0.410 e. The van der Waals surface area contributed by atoms with E-state index in [1.54, 1.807) is 45.2 Å². The average molecular weight is 1000 g/mol. The Morgan fingerprint density at radius 3 is 2.15 bits per heavy atom. The Labute approximate surface area is 419 Å². The molecular formula is C53H74F2N8O7Si. The number of nitrogens with one attached hydrogen (secondary N) is 2. The largest absolute Gasteiger partial charge is 0.468 e. The van der Waals surface area contributed by atoms with Gasteiger partial charge in [-0.2, -0.15) is 9.97 Å². The topological polar surface area (TPSA) is 153 Å². The summed E-state index contributed by atoms with van der Waals surface area (Å²) in [4.78, 5) is 47.3. The van der Waals surface area contributed by atoms with Gasteiger partial charge in [-0.25, -0.2) is 18.4 Å². The highest BCUT2D eigenvalue weighted by Gasteiger charge is 2.46. The lowest BCUT2D eigenvalue weighted by atomic mass is 9.95. The van der Waals surface area contributed by atoms with Crippen LogP contribution in [-0.2, 0) is 14.2 Å². The van der Waals surface area contributed by atoms with Crippen LogP contribution in [-0.4, -0.2) is 141 Å². The number of rotatable bonds is 14. The summed E-state index contributed by atoms with van der Waals surface area (Å²) in [6.45, 7) is 28.3. The number of hydrogen-bond donors (Lipinski definition) is 2. The van der Waals surface area contributed by atoms with E-state index in [0.717, 1.165) is 39.0 Å². The SMILES string of the molecule is COCOc1cc(-c2ncc3c(N4CC5CCC(C4)N5C(=O)OC(C)(C)C)nc(OCC(CN4CCNCC4)NC(=O)OC(C)(C)C)nc3c2F)c2c(C#C[Si](C(C)C)(C(C)C)C(C)C)c(F)ccc2c1. The van der Waals surface area contributed by atoms with E-state index in [1.807, 2.05) is 30.6 Å². The maximum Gasteiger partial charge on any atom is 0.410 e. The number of fused-ring (bicyclic) bond motifs is 4. The third-order valence-corrected chi connectivity index (χ3v) is 20.1. The Hall–Kier alpha value is -5.35. The molecular weight excluding hydrogens is 927 g/mol. The summed E-state index contributed by atoms with van der Waals surface area (Å²) in [5.41, 5.74) is 3.34. The molecule has 2 bridgehead atoms. The number of carbonyl (C=O) groups excluding carboxylic acids is 2. The van der Waals surface area contributed by atoms with E-state index in [0.29, 0.717) is 47.4 Å². The summed E-state index contributed by atoms with van der Waals surface area (Å²) < 4.78 is 63.7. The number of hydrogen-bond acceptors (Lipinski definition) is 13. The molecule has 3 saturated heterocycles. The summed E-state index contributed by atoms with van der Waals surface area (Å²) in [5.74, 6) is 2.74. The monoisotopic (exact) mass is 1000 g/mol. The summed E-state index contributed by atoms with van der Waals surface area (Å²) >= 11 is 0. The van der Waals surface area contributed by atoms with E-state index < -0.39 is 43.0 Å². The van der Waals surface area contributed by atoms with E-state index in [2.05, 4.69) is 68.5 Å². The fourth-order valence-electron chi connectivity index (χ4n) is 10.7. The molecule has 71 heavy (non-hydrogen) atoms. The molecule has 0 spiro atoms. The van der Waals surface area contributed by atoms with Crippen molar-refractivity contribution in [2.45, 2.75) is 142 Å². The molecule has 15 nitrogen and oxygen atoms in total. The summed E-state index contributed by atoms with van der Waals surface area (Å²) in [5, 5.41) is 7.61. The summed E-state index contributed by atoms with van der Waals surface area (Å²) in [7, 11) is -0.852. The quantitative estimate of drug-likeness (QED) is 0.0702. The number of nitrogens with zero attached hydrogens (tertiary/aromatic N) is 6. The first kappa shape index (κ1) is 53.4. The van der Waals surface area contributed by atoms with Crippen molar-refractivity contribution in [1.82, 2.24) is 35.4 Å². The average Bonchev–Trinajstić information content (AvgIpc) is 3.56. The van der Waals surface area contributed by atoms with Crippen molar-refractivity contribution in [3.8, 4) is 34.5 Å². The number of piperazine rings is 2. The fraction of sp³-hybridized carbons (Fsp3) is 0.604. The van der Waals surface area contributed by atoms with Gasteiger partial charge in [0.25, 0.3) is 0 Å². The first-order chi connectivity index (χ1) is 33.5. The highest BCUT2D eigenvalue weighted by molar-refractivity contribution is 6.90. The van der Waals surface area contributed by atoms with Crippen molar-refractivity contribution in [3.05, 3.63) is 47.7 Å². The molecule has 2 N–H and O–H groups in total. The van der Waals surface area contributed by atoms with E-state index in [4.69, 9.17) is 38.6 Å². The van der Waals surface area contributed by atoms with Crippen molar-refractivity contribution >= 4 is 47.8 Å². The van der Waals surface area contributed by atoms with Gasteiger partial charge in [-0.15, -0.1) is 5.54 Å². The lowest BCUT2D eigenvalue weighted by Crippen LogP contribution is -2.57. The van der Waals surface area contributed by atoms with Crippen molar-refractivity contribution in [1.29, 1.82) is 0 Å². The second-order valence-electron chi connectivity index (χ2n) is 22.1. The van der Waals surface area contributed by atoms with Crippen molar-refractivity contribution < 1.29 is 42.1 Å². The van der Waals surface area contributed by atoms with Gasteiger partial charge < -0.3 is 39.2 Å². The zero-order valence-electron chi connectivity index (χ0n) is 43.9. The van der Waals surface area contributed by atoms with Gasteiger partial charge in [0.05, 0.1) is 29.1 Å². The predicted molar refractivity (Wildman–Crippen MR) is 276 cm³/mol. The first-order valence-electron chi connectivity index (χ1n) is 25.1. The van der Waals surface area contributed by atoms with Crippen molar-refractivity contribution in [2.24, 2.45) is 0 Å². The van der Waals surface area contributed by atoms with Crippen LogP contribution >= 0.6 is 0 Å². The molecule has 0 aliphatic carbocycles. The van der Waals surface area contributed by atoms with Gasteiger partial charge in [0.2, 0.25) is 0 Å². The van der Waals surface area contributed by atoms with E-state index in [1.165, 1.54) is 13.2 Å². The third-order valence-electron chi connectivity index (χ3n) is 13.8. The van der Waals surface area contributed by atoms with E-state index in [-0.39, 0.29) is 76.5 Å². The van der Waals surface area contributed by atoms with Crippen LogP contribution in [0.2, 0.25) is 16.6 Å². The maximum atomic E-state index is 18.1. The molecule has 3 aliphatic heterocycles. The Bertz CT molecular complexity index is 2600. The summed E-state index contributed by atoms with van der Waals surface area (Å²) in [6.07, 6.45) is 2.07. The minimum Gasteiger partial charge on any atom is -0.468 e. The number of carbonyl (C=O) groups is 2. The predicted octanol–water partition coefficient (Wildman–Crippen LogP) is 9.44. The van der Waals surface area contributed by atoms with Gasteiger partial charge in [-0.1, -0.05) is 53.5 Å². The molecule has 4 aromatic rings. The minimum atomic E-state index is -2.36. The number of halogens is 2. The summed E-state index contributed by atoms with van der Waals surface area (Å²) in [6, 6.07) is 5.34. The molecule has 2 amide bonds. The number of aromatic nitrogens is 3. The molecule has 386 valence electrons. The van der Waals surface area contributed by atoms with Crippen LogP contribution in [0.5, 0.6) is 11.8 Å². The fourth-order valence-corrected chi connectivity index (χ4v) is 15.9. The van der Waals surface area contributed by atoms with Crippen molar-refractivity contribution in [2.75, 3.05) is 71.2 Å². The molecule has 0 radical (unpaired) electrons. The molecule has 0 saturated carbocycles. The van der Waals surface area contributed by atoms with Crippen LogP contribution in [0.1, 0.15) is 101 Å². The van der Waals surface area contributed by atoms with Gasteiger partial charge in [-0.05, 0) is 94.6 Å². The second-order valence-corrected chi connectivity index (χ2v) is 27.7.